The molecule has 1 aromatic rings. The van der Waals surface area contributed by atoms with Gasteiger partial charge >= 0.3 is 0 Å². The summed E-state index contributed by atoms with van der Waals surface area (Å²) < 4.78 is 6.27. The van der Waals surface area contributed by atoms with Gasteiger partial charge in [0.1, 0.15) is 0 Å². The van der Waals surface area contributed by atoms with Gasteiger partial charge in [0.15, 0.2) is 8.32 Å². The van der Waals surface area contributed by atoms with Crippen molar-refractivity contribution in [3.63, 3.8) is 0 Å². The Kier molecular flexibility index (Phi) is 5.59. The Hall–Kier alpha value is -0.643. The lowest BCUT2D eigenvalue weighted by Crippen LogP contribution is -2.40. The van der Waals surface area contributed by atoms with Crippen molar-refractivity contribution < 1.29 is 9.53 Å². The summed E-state index contributed by atoms with van der Waals surface area (Å²) in [6.45, 7) is 16.4. The third kappa shape index (κ3) is 4.44. The summed E-state index contributed by atoms with van der Waals surface area (Å²) in [7, 11) is -1.72. The second kappa shape index (κ2) is 6.42. The molecule has 1 aromatic carbocycles. The number of aliphatic hydroxyl groups excluding tert-OH is 1. The van der Waals surface area contributed by atoms with Gasteiger partial charge in [0.2, 0.25) is 0 Å². The van der Waals surface area contributed by atoms with Gasteiger partial charge in [0, 0.05) is 0 Å². The third-order valence-electron chi connectivity index (χ3n) is 4.33. The zero-order valence-electron chi connectivity index (χ0n) is 14.1. The van der Waals surface area contributed by atoms with Gasteiger partial charge in [0.25, 0.3) is 0 Å². The zero-order valence-corrected chi connectivity index (χ0v) is 15.1. The number of hydrogen-bond acceptors (Lipinski definition) is 2. The Bertz CT molecular complexity index is 445. The summed E-state index contributed by atoms with van der Waals surface area (Å²) in [5.74, 6) is 0.466. The minimum atomic E-state index is -1.72. The number of aliphatic hydroxyl groups is 1. The maximum absolute atomic E-state index is 9.39. The Morgan fingerprint density at radius 3 is 2.10 bits per heavy atom. The summed E-state index contributed by atoms with van der Waals surface area (Å²) in [4.78, 5) is 0. The SMILES string of the molecule is CC(C)c1cc(CO)cc(CO[Si](C)(C)C(C)(C)C)c1. The fourth-order valence-electron chi connectivity index (χ4n) is 1.78. The molecule has 114 valence electrons. The Morgan fingerprint density at radius 2 is 1.65 bits per heavy atom. The van der Waals surface area contributed by atoms with Gasteiger partial charge in [-0.2, -0.15) is 0 Å². The highest BCUT2D eigenvalue weighted by atomic mass is 28.4. The molecule has 0 bridgehead atoms. The summed E-state index contributed by atoms with van der Waals surface area (Å²) in [5, 5.41) is 9.62. The molecule has 0 aliphatic carbocycles. The van der Waals surface area contributed by atoms with Crippen LogP contribution in [0.2, 0.25) is 18.1 Å². The molecule has 0 heterocycles. The van der Waals surface area contributed by atoms with Crippen LogP contribution < -0.4 is 0 Å². The molecule has 0 aliphatic rings. The highest BCUT2D eigenvalue weighted by Gasteiger charge is 2.37. The normalized spacial score (nSPS) is 13.1. The molecule has 1 N–H and O–H groups in total. The van der Waals surface area contributed by atoms with E-state index in [1.54, 1.807) is 0 Å². The largest absolute Gasteiger partial charge is 0.413 e. The Labute approximate surface area is 125 Å². The van der Waals surface area contributed by atoms with Crippen molar-refractivity contribution in [3.05, 3.63) is 34.9 Å². The highest BCUT2D eigenvalue weighted by Crippen LogP contribution is 2.37. The summed E-state index contributed by atoms with van der Waals surface area (Å²) >= 11 is 0. The van der Waals surface area contributed by atoms with Crippen LogP contribution in [0.25, 0.3) is 0 Å². The zero-order chi connectivity index (χ0) is 15.6. The second-order valence-electron chi connectivity index (χ2n) is 7.44. The van der Waals surface area contributed by atoms with Crippen LogP contribution in [0, 0.1) is 0 Å². The fourth-order valence-corrected chi connectivity index (χ4v) is 2.74. The van der Waals surface area contributed by atoms with E-state index in [1.807, 2.05) is 0 Å². The summed E-state index contributed by atoms with van der Waals surface area (Å²) in [6, 6.07) is 6.34. The monoisotopic (exact) mass is 294 g/mol. The maximum atomic E-state index is 9.39. The molecule has 0 amide bonds. The van der Waals surface area contributed by atoms with Gasteiger partial charge in [0.05, 0.1) is 13.2 Å². The smallest absolute Gasteiger partial charge is 0.192 e. The van der Waals surface area contributed by atoms with Gasteiger partial charge in [-0.1, -0.05) is 52.8 Å². The molecule has 3 heteroatoms. The lowest BCUT2D eigenvalue weighted by Gasteiger charge is -2.36. The molecule has 0 unspecified atom stereocenters. The average Bonchev–Trinajstić information content (AvgIpc) is 2.34. The van der Waals surface area contributed by atoms with Crippen molar-refractivity contribution in [1.82, 2.24) is 0 Å². The number of rotatable bonds is 5. The Morgan fingerprint density at radius 1 is 1.10 bits per heavy atom. The molecule has 0 saturated heterocycles. The van der Waals surface area contributed by atoms with Crippen LogP contribution in [-0.2, 0) is 17.6 Å². The van der Waals surface area contributed by atoms with Crippen LogP contribution in [-0.4, -0.2) is 13.4 Å². The third-order valence-corrected chi connectivity index (χ3v) is 8.81. The summed E-state index contributed by atoms with van der Waals surface area (Å²) in [6.07, 6.45) is 0. The van der Waals surface area contributed by atoms with Gasteiger partial charge in [-0.3, -0.25) is 0 Å². The molecule has 2 nitrogen and oxygen atoms in total. The van der Waals surface area contributed by atoms with E-state index in [2.05, 4.69) is 65.9 Å². The highest BCUT2D eigenvalue weighted by molar-refractivity contribution is 6.74. The molecule has 0 radical (unpaired) electrons. The van der Waals surface area contributed by atoms with Crippen LogP contribution >= 0.6 is 0 Å². The first kappa shape index (κ1) is 17.4. The van der Waals surface area contributed by atoms with Crippen LogP contribution in [0.15, 0.2) is 18.2 Å². The molecule has 20 heavy (non-hydrogen) atoms. The van der Waals surface area contributed by atoms with Crippen molar-refractivity contribution in [2.45, 2.75) is 71.9 Å². The minimum absolute atomic E-state index is 0.0909. The van der Waals surface area contributed by atoms with Crippen molar-refractivity contribution in [2.24, 2.45) is 0 Å². The molecule has 0 fully saturated rings. The fraction of sp³-hybridized carbons (Fsp3) is 0.647. The Balaban J connectivity index is 2.90. The van der Waals surface area contributed by atoms with E-state index in [4.69, 9.17) is 4.43 Å². The molecular formula is C17H30O2Si. The standard InChI is InChI=1S/C17H30O2Si/c1-13(2)16-9-14(11-18)8-15(10-16)12-19-20(6,7)17(3,4)5/h8-10,13,18H,11-12H2,1-7H3. The first-order valence-corrected chi connectivity index (χ1v) is 10.3. The van der Waals surface area contributed by atoms with E-state index >= 15 is 0 Å². The molecule has 0 aliphatic heterocycles. The lowest BCUT2D eigenvalue weighted by molar-refractivity contribution is 0.272. The molecule has 0 aromatic heterocycles. The minimum Gasteiger partial charge on any atom is -0.413 e. The van der Waals surface area contributed by atoms with Crippen LogP contribution in [0.4, 0.5) is 0 Å². The van der Waals surface area contributed by atoms with Gasteiger partial charge < -0.3 is 9.53 Å². The van der Waals surface area contributed by atoms with Crippen LogP contribution in [0.1, 0.15) is 57.2 Å². The molecule has 0 atom stereocenters. The molecular weight excluding hydrogens is 264 g/mol. The van der Waals surface area contributed by atoms with Crippen molar-refractivity contribution in [1.29, 1.82) is 0 Å². The molecule has 0 spiro atoms. The van der Waals surface area contributed by atoms with E-state index < -0.39 is 8.32 Å². The topological polar surface area (TPSA) is 29.5 Å². The van der Waals surface area contributed by atoms with E-state index in [1.165, 1.54) is 11.1 Å². The van der Waals surface area contributed by atoms with Crippen molar-refractivity contribution >= 4 is 8.32 Å². The van der Waals surface area contributed by atoms with Gasteiger partial charge in [-0.05, 0) is 40.7 Å². The van der Waals surface area contributed by atoms with Crippen molar-refractivity contribution in [3.8, 4) is 0 Å². The lowest BCUT2D eigenvalue weighted by atomic mass is 9.98. The van der Waals surface area contributed by atoms with Crippen molar-refractivity contribution in [2.75, 3.05) is 0 Å². The predicted molar refractivity (Wildman–Crippen MR) is 88.4 cm³/mol. The quantitative estimate of drug-likeness (QED) is 0.789. The first-order valence-electron chi connectivity index (χ1n) is 7.44. The van der Waals surface area contributed by atoms with Gasteiger partial charge in [-0.15, -0.1) is 0 Å². The first-order chi connectivity index (χ1) is 9.06. The van der Waals surface area contributed by atoms with E-state index in [0.29, 0.717) is 12.5 Å². The molecule has 1 rings (SSSR count). The number of hydrogen-bond donors (Lipinski definition) is 1. The van der Waals surface area contributed by atoms with E-state index in [0.717, 1.165) is 5.56 Å². The van der Waals surface area contributed by atoms with E-state index in [9.17, 15) is 5.11 Å². The molecule has 0 saturated carbocycles. The van der Waals surface area contributed by atoms with E-state index in [-0.39, 0.29) is 11.6 Å². The number of benzene rings is 1. The van der Waals surface area contributed by atoms with Crippen LogP contribution in [0.5, 0.6) is 0 Å². The maximum Gasteiger partial charge on any atom is 0.192 e. The predicted octanol–water partition coefficient (Wildman–Crippen LogP) is 4.82. The van der Waals surface area contributed by atoms with Gasteiger partial charge in [-0.25, -0.2) is 0 Å². The average molecular weight is 295 g/mol. The van der Waals surface area contributed by atoms with Crippen LogP contribution in [0.3, 0.4) is 0 Å². The summed E-state index contributed by atoms with van der Waals surface area (Å²) in [5.41, 5.74) is 3.42. The second-order valence-corrected chi connectivity index (χ2v) is 12.3.